The standard InChI is InChI=1S/C17H16N6S/c1-11-10-13(8-9-18-11)16-21-23-15(19-20-17(23)24-16)12-4-6-14(7-5-12)22(2)3/h4-10H,1-3H3. The van der Waals surface area contributed by atoms with Gasteiger partial charge in [-0.25, -0.2) is 0 Å². The molecule has 0 saturated carbocycles. The summed E-state index contributed by atoms with van der Waals surface area (Å²) < 4.78 is 1.81. The second-order valence-corrected chi connectivity index (χ2v) is 6.71. The van der Waals surface area contributed by atoms with Gasteiger partial charge in [-0.3, -0.25) is 4.98 Å². The number of aromatic nitrogens is 5. The van der Waals surface area contributed by atoms with Crippen molar-refractivity contribution in [3.05, 3.63) is 48.3 Å². The molecule has 120 valence electrons. The molecule has 0 aliphatic carbocycles. The topological polar surface area (TPSA) is 59.2 Å². The fourth-order valence-electron chi connectivity index (χ4n) is 2.50. The van der Waals surface area contributed by atoms with Crippen molar-refractivity contribution in [3.63, 3.8) is 0 Å². The third-order valence-corrected chi connectivity index (χ3v) is 4.72. The summed E-state index contributed by atoms with van der Waals surface area (Å²) in [5.74, 6) is 0.753. The molecule has 4 rings (SSSR count). The molecule has 0 saturated heterocycles. The first-order chi connectivity index (χ1) is 11.6. The Labute approximate surface area is 143 Å². The highest BCUT2D eigenvalue weighted by molar-refractivity contribution is 7.19. The van der Waals surface area contributed by atoms with E-state index in [2.05, 4.69) is 37.3 Å². The van der Waals surface area contributed by atoms with Crippen LogP contribution >= 0.6 is 11.3 Å². The van der Waals surface area contributed by atoms with Crippen molar-refractivity contribution in [2.75, 3.05) is 19.0 Å². The first-order valence-electron chi connectivity index (χ1n) is 7.55. The van der Waals surface area contributed by atoms with E-state index in [-0.39, 0.29) is 0 Å². The minimum absolute atomic E-state index is 0.753. The highest BCUT2D eigenvalue weighted by Gasteiger charge is 2.14. The van der Waals surface area contributed by atoms with E-state index in [4.69, 9.17) is 0 Å². The normalized spacial score (nSPS) is 11.1. The van der Waals surface area contributed by atoms with Gasteiger partial charge in [0.25, 0.3) is 0 Å². The Kier molecular flexibility index (Phi) is 3.50. The van der Waals surface area contributed by atoms with Crippen LogP contribution in [0.15, 0.2) is 42.6 Å². The monoisotopic (exact) mass is 336 g/mol. The van der Waals surface area contributed by atoms with E-state index >= 15 is 0 Å². The third-order valence-electron chi connectivity index (χ3n) is 3.78. The lowest BCUT2D eigenvalue weighted by atomic mass is 10.2. The molecule has 0 unspecified atom stereocenters. The summed E-state index contributed by atoms with van der Waals surface area (Å²) >= 11 is 1.52. The molecule has 1 aromatic carbocycles. The molecular formula is C17H16N6S. The number of aryl methyl sites for hydroxylation is 1. The average Bonchev–Trinajstić information content (AvgIpc) is 3.15. The molecule has 3 aromatic heterocycles. The zero-order chi connectivity index (χ0) is 16.7. The molecule has 0 N–H and O–H groups in total. The van der Waals surface area contributed by atoms with Gasteiger partial charge in [-0.2, -0.15) is 9.61 Å². The van der Waals surface area contributed by atoms with Gasteiger partial charge in [0.05, 0.1) is 0 Å². The van der Waals surface area contributed by atoms with Crippen LogP contribution in [0.3, 0.4) is 0 Å². The molecule has 3 heterocycles. The van der Waals surface area contributed by atoms with Gasteiger partial charge in [0.2, 0.25) is 4.96 Å². The Balaban J connectivity index is 1.77. The van der Waals surface area contributed by atoms with Gasteiger partial charge in [-0.05, 0) is 43.3 Å². The summed E-state index contributed by atoms with van der Waals surface area (Å²) in [6.45, 7) is 1.97. The van der Waals surface area contributed by atoms with Crippen molar-refractivity contribution in [2.24, 2.45) is 0 Å². The first-order valence-corrected chi connectivity index (χ1v) is 8.36. The molecule has 0 fully saturated rings. The van der Waals surface area contributed by atoms with Gasteiger partial charge in [0, 0.05) is 42.8 Å². The van der Waals surface area contributed by atoms with E-state index in [1.807, 2.05) is 45.3 Å². The van der Waals surface area contributed by atoms with E-state index in [1.54, 1.807) is 10.7 Å². The van der Waals surface area contributed by atoms with Gasteiger partial charge in [0.1, 0.15) is 5.01 Å². The number of hydrogen-bond acceptors (Lipinski definition) is 6. The second-order valence-electron chi connectivity index (χ2n) is 5.75. The van der Waals surface area contributed by atoms with Crippen molar-refractivity contribution in [1.82, 2.24) is 24.8 Å². The van der Waals surface area contributed by atoms with Crippen LogP contribution in [0.25, 0.3) is 26.9 Å². The van der Waals surface area contributed by atoms with E-state index in [0.717, 1.165) is 38.3 Å². The first kappa shape index (κ1) is 14.8. The number of pyridine rings is 1. The summed E-state index contributed by atoms with van der Waals surface area (Å²) in [4.78, 5) is 7.08. The zero-order valence-corrected chi connectivity index (χ0v) is 14.4. The van der Waals surface area contributed by atoms with Crippen molar-refractivity contribution >= 4 is 22.0 Å². The molecular weight excluding hydrogens is 320 g/mol. The van der Waals surface area contributed by atoms with Crippen molar-refractivity contribution in [3.8, 4) is 22.0 Å². The number of benzene rings is 1. The minimum Gasteiger partial charge on any atom is -0.378 e. The van der Waals surface area contributed by atoms with Gasteiger partial charge in [0.15, 0.2) is 5.82 Å². The lowest BCUT2D eigenvalue weighted by Crippen LogP contribution is -2.08. The van der Waals surface area contributed by atoms with Gasteiger partial charge in [-0.1, -0.05) is 11.3 Å². The molecule has 0 radical (unpaired) electrons. The largest absolute Gasteiger partial charge is 0.378 e. The zero-order valence-electron chi connectivity index (χ0n) is 13.6. The summed E-state index contributed by atoms with van der Waals surface area (Å²) in [5, 5.41) is 14.2. The predicted molar refractivity (Wildman–Crippen MR) is 96.4 cm³/mol. The van der Waals surface area contributed by atoms with Crippen molar-refractivity contribution in [1.29, 1.82) is 0 Å². The number of fused-ring (bicyclic) bond motifs is 1. The number of rotatable bonds is 3. The number of nitrogens with zero attached hydrogens (tertiary/aromatic N) is 6. The van der Waals surface area contributed by atoms with E-state index in [9.17, 15) is 0 Å². The Hall–Kier alpha value is -2.80. The smallest absolute Gasteiger partial charge is 0.235 e. The van der Waals surface area contributed by atoms with Crippen molar-refractivity contribution in [2.45, 2.75) is 6.92 Å². The van der Waals surface area contributed by atoms with Crippen LogP contribution in [0.5, 0.6) is 0 Å². The van der Waals surface area contributed by atoms with Crippen LogP contribution in [-0.2, 0) is 0 Å². The maximum Gasteiger partial charge on any atom is 0.235 e. The van der Waals surface area contributed by atoms with Crippen molar-refractivity contribution < 1.29 is 0 Å². The van der Waals surface area contributed by atoms with Gasteiger partial charge in [-0.15, -0.1) is 10.2 Å². The van der Waals surface area contributed by atoms with Crippen LogP contribution in [0.2, 0.25) is 0 Å². The van der Waals surface area contributed by atoms with E-state index < -0.39 is 0 Å². The number of anilines is 1. The molecule has 4 aromatic rings. The van der Waals surface area contributed by atoms with Crippen LogP contribution in [0.1, 0.15) is 5.69 Å². The lowest BCUT2D eigenvalue weighted by molar-refractivity contribution is 0.969. The quantitative estimate of drug-likeness (QED) is 0.574. The molecule has 6 nitrogen and oxygen atoms in total. The molecule has 0 atom stereocenters. The molecule has 0 aliphatic heterocycles. The van der Waals surface area contributed by atoms with Crippen LogP contribution < -0.4 is 4.90 Å². The molecule has 7 heteroatoms. The lowest BCUT2D eigenvalue weighted by Gasteiger charge is -2.11. The van der Waals surface area contributed by atoms with Gasteiger partial charge >= 0.3 is 0 Å². The Morgan fingerprint density at radius 2 is 1.79 bits per heavy atom. The Bertz CT molecular complexity index is 1000. The maximum absolute atomic E-state index is 4.69. The summed E-state index contributed by atoms with van der Waals surface area (Å²) in [6.07, 6.45) is 1.80. The van der Waals surface area contributed by atoms with Crippen LogP contribution in [-0.4, -0.2) is 38.9 Å². The third kappa shape index (κ3) is 2.52. The SMILES string of the molecule is Cc1cc(-c2nn3c(-c4ccc(N(C)C)cc4)nnc3s2)ccn1. The predicted octanol–water partition coefficient (Wildman–Crippen LogP) is 3.29. The summed E-state index contributed by atoms with van der Waals surface area (Å²) in [7, 11) is 4.04. The van der Waals surface area contributed by atoms with Crippen LogP contribution in [0, 0.1) is 6.92 Å². The van der Waals surface area contributed by atoms with Gasteiger partial charge < -0.3 is 4.90 Å². The highest BCUT2D eigenvalue weighted by atomic mass is 32.1. The molecule has 24 heavy (non-hydrogen) atoms. The molecule has 0 amide bonds. The summed E-state index contributed by atoms with van der Waals surface area (Å²) in [6, 6.07) is 12.2. The Morgan fingerprint density at radius 1 is 1.00 bits per heavy atom. The average molecular weight is 336 g/mol. The fraction of sp³-hybridized carbons (Fsp3) is 0.176. The van der Waals surface area contributed by atoms with Crippen LogP contribution in [0.4, 0.5) is 5.69 Å². The number of hydrogen-bond donors (Lipinski definition) is 0. The highest BCUT2D eigenvalue weighted by Crippen LogP contribution is 2.28. The fourth-order valence-corrected chi connectivity index (χ4v) is 3.34. The maximum atomic E-state index is 4.69. The molecule has 0 bridgehead atoms. The molecule has 0 aliphatic rings. The van der Waals surface area contributed by atoms with E-state index in [0.29, 0.717) is 0 Å². The Morgan fingerprint density at radius 3 is 2.50 bits per heavy atom. The molecule has 0 spiro atoms. The minimum atomic E-state index is 0.753. The van der Waals surface area contributed by atoms with E-state index in [1.165, 1.54) is 11.3 Å². The summed E-state index contributed by atoms with van der Waals surface area (Å²) in [5.41, 5.74) is 4.16. The second kappa shape index (κ2) is 5.68.